The number of rotatable bonds is 7. The quantitative estimate of drug-likeness (QED) is 0.784. The van der Waals surface area contributed by atoms with E-state index in [4.69, 9.17) is 10.7 Å². The monoisotopic (exact) mass is 303 g/mol. The highest BCUT2D eigenvalue weighted by atomic mass is 32.2. The van der Waals surface area contributed by atoms with Crippen molar-refractivity contribution in [3.8, 4) is 11.4 Å². The van der Waals surface area contributed by atoms with Gasteiger partial charge in [-0.15, -0.1) is 0 Å². The largest absolute Gasteiger partial charge is 0.384 e. The standard InChI is InChI=1S/C17H25N3S/c1-4-21-11-10-15-16(18)20(12-13(2)3)17(19-15)14-8-6-5-7-9-14/h5-9,13H,4,10-12,18H2,1-3H3. The van der Waals surface area contributed by atoms with E-state index in [1.807, 2.05) is 30.0 Å². The number of benzene rings is 1. The van der Waals surface area contributed by atoms with Crippen LogP contribution in [0, 0.1) is 5.92 Å². The highest BCUT2D eigenvalue weighted by Crippen LogP contribution is 2.26. The lowest BCUT2D eigenvalue weighted by molar-refractivity contribution is 0.531. The third kappa shape index (κ3) is 4.03. The van der Waals surface area contributed by atoms with Gasteiger partial charge in [0.05, 0.1) is 5.69 Å². The normalized spacial score (nSPS) is 11.2. The molecule has 0 spiro atoms. The van der Waals surface area contributed by atoms with Crippen LogP contribution < -0.4 is 5.73 Å². The maximum atomic E-state index is 6.36. The van der Waals surface area contributed by atoms with Crippen molar-refractivity contribution in [3.63, 3.8) is 0 Å². The highest BCUT2D eigenvalue weighted by molar-refractivity contribution is 7.99. The minimum atomic E-state index is 0.543. The van der Waals surface area contributed by atoms with E-state index < -0.39 is 0 Å². The molecule has 2 aromatic rings. The molecule has 2 N–H and O–H groups in total. The molecular formula is C17H25N3S. The third-order valence-electron chi connectivity index (χ3n) is 3.35. The first-order valence-electron chi connectivity index (χ1n) is 7.61. The molecule has 0 amide bonds. The summed E-state index contributed by atoms with van der Waals surface area (Å²) in [6.07, 6.45) is 0.940. The van der Waals surface area contributed by atoms with E-state index in [0.717, 1.165) is 47.4 Å². The Kier molecular flexibility index (Phi) is 5.74. The van der Waals surface area contributed by atoms with Crippen LogP contribution in [-0.2, 0) is 13.0 Å². The fraction of sp³-hybridized carbons (Fsp3) is 0.471. The van der Waals surface area contributed by atoms with Gasteiger partial charge in [-0.2, -0.15) is 11.8 Å². The van der Waals surface area contributed by atoms with Crippen LogP contribution in [0.1, 0.15) is 26.5 Å². The van der Waals surface area contributed by atoms with Crippen LogP contribution in [0.3, 0.4) is 0 Å². The minimum absolute atomic E-state index is 0.543. The zero-order chi connectivity index (χ0) is 15.2. The summed E-state index contributed by atoms with van der Waals surface area (Å²) in [5.41, 5.74) is 8.54. The smallest absolute Gasteiger partial charge is 0.141 e. The zero-order valence-electron chi connectivity index (χ0n) is 13.2. The maximum Gasteiger partial charge on any atom is 0.141 e. The second-order valence-electron chi connectivity index (χ2n) is 5.58. The molecule has 1 heterocycles. The lowest BCUT2D eigenvalue weighted by Gasteiger charge is -2.12. The molecule has 0 aliphatic rings. The number of aromatic nitrogens is 2. The Labute approximate surface area is 132 Å². The van der Waals surface area contributed by atoms with Crippen LogP contribution >= 0.6 is 11.8 Å². The van der Waals surface area contributed by atoms with Gasteiger partial charge in [0.15, 0.2) is 0 Å². The van der Waals surface area contributed by atoms with Crippen molar-refractivity contribution in [3.05, 3.63) is 36.0 Å². The fourth-order valence-corrected chi connectivity index (χ4v) is 3.00. The first kappa shape index (κ1) is 16.0. The number of nitrogens with two attached hydrogens (primary N) is 1. The van der Waals surface area contributed by atoms with Crippen molar-refractivity contribution in [1.82, 2.24) is 9.55 Å². The van der Waals surface area contributed by atoms with E-state index in [1.165, 1.54) is 0 Å². The number of aryl methyl sites for hydroxylation is 1. The van der Waals surface area contributed by atoms with Gasteiger partial charge in [0.2, 0.25) is 0 Å². The van der Waals surface area contributed by atoms with Crippen molar-refractivity contribution < 1.29 is 0 Å². The molecule has 2 rings (SSSR count). The third-order valence-corrected chi connectivity index (χ3v) is 4.25. The average molecular weight is 303 g/mol. The molecule has 0 saturated heterocycles. The Morgan fingerprint density at radius 3 is 2.57 bits per heavy atom. The molecule has 0 atom stereocenters. The van der Waals surface area contributed by atoms with Crippen LogP contribution in [0.4, 0.5) is 5.82 Å². The van der Waals surface area contributed by atoms with Crippen LogP contribution in [0.5, 0.6) is 0 Å². The number of nitrogen functional groups attached to an aromatic ring is 1. The lowest BCUT2D eigenvalue weighted by Crippen LogP contribution is -2.10. The summed E-state index contributed by atoms with van der Waals surface area (Å²) in [6, 6.07) is 10.3. The zero-order valence-corrected chi connectivity index (χ0v) is 14.0. The molecule has 3 nitrogen and oxygen atoms in total. The SMILES string of the molecule is CCSCCc1nc(-c2ccccc2)n(CC(C)C)c1N. The predicted molar refractivity (Wildman–Crippen MR) is 93.6 cm³/mol. The van der Waals surface area contributed by atoms with Crippen LogP contribution in [0.15, 0.2) is 30.3 Å². The average Bonchev–Trinajstić information content (AvgIpc) is 2.77. The number of hydrogen-bond donors (Lipinski definition) is 1. The maximum absolute atomic E-state index is 6.36. The lowest BCUT2D eigenvalue weighted by atomic mass is 10.2. The van der Waals surface area contributed by atoms with Gasteiger partial charge in [-0.1, -0.05) is 51.1 Å². The predicted octanol–water partition coefficient (Wildman–Crippen LogP) is 4.08. The first-order chi connectivity index (χ1) is 10.1. The molecule has 0 bridgehead atoms. The Morgan fingerprint density at radius 2 is 1.95 bits per heavy atom. The van der Waals surface area contributed by atoms with Gasteiger partial charge in [-0.3, -0.25) is 0 Å². The topological polar surface area (TPSA) is 43.8 Å². The van der Waals surface area contributed by atoms with Crippen LogP contribution in [-0.4, -0.2) is 21.1 Å². The summed E-state index contributed by atoms with van der Waals surface area (Å²) in [4.78, 5) is 4.83. The number of imidazole rings is 1. The summed E-state index contributed by atoms with van der Waals surface area (Å²) in [5.74, 6) is 4.59. The van der Waals surface area contributed by atoms with Crippen LogP contribution in [0.25, 0.3) is 11.4 Å². The molecule has 1 aromatic carbocycles. The summed E-state index contributed by atoms with van der Waals surface area (Å²) in [7, 11) is 0. The molecule has 0 fully saturated rings. The Bertz CT molecular complexity index is 561. The van der Waals surface area contributed by atoms with Gasteiger partial charge in [0, 0.05) is 18.5 Å². The molecule has 0 aliphatic carbocycles. The van der Waals surface area contributed by atoms with E-state index in [9.17, 15) is 0 Å². The van der Waals surface area contributed by atoms with E-state index in [2.05, 4.69) is 37.5 Å². The van der Waals surface area contributed by atoms with E-state index in [1.54, 1.807) is 0 Å². The van der Waals surface area contributed by atoms with Crippen molar-refractivity contribution in [1.29, 1.82) is 0 Å². The Hall–Kier alpha value is -1.42. The van der Waals surface area contributed by atoms with Crippen molar-refractivity contribution in [2.45, 2.75) is 33.7 Å². The van der Waals surface area contributed by atoms with Gasteiger partial charge in [0.1, 0.15) is 11.6 Å². The first-order valence-corrected chi connectivity index (χ1v) is 8.77. The molecule has 0 unspecified atom stereocenters. The highest BCUT2D eigenvalue weighted by Gasteiger charge is 2.16. The van der Waals surface area contributed by atoms with Crippen molar-refractivity contribution in [2.75, 3.05) is 17.2 Å². The number of nitrogens with zero attached hydrogens (tertiary/aromatic N) is 2. The molecular weight excluding hydrogens is 278 g/mol. The number of anilines is 1. The van der Waals surface area contributed by atoms with Gasteiger partial charge >= 0.3 is 0 Å². The summed E-state index contributed by atoms with van der Waals surface area (Å²) in [5, 5.41) is 0. The van der Waals surface area contributed by atoms with Gasteiger partial charge in [-0.25, -0.2) is 4.98 Å². The van der Waals surface area contributed by atoms with E-state index >= 15 is 0 Å². The molecule has 1 aromatic heterocycles. The van der Waals surface area contributed by atoms with Crippen LogP contribution in [0.2, 0.25) is 0 Å². The molecule has 0 aliphatic heterocycles. The molecule has 0 saturated carbocycles. The van der Waals surface area contributed by atoms with Crippen molar-refractivity contribution >= 4 is 17.6 Å². The minimum Gasteiger partial charge on any atom is -0.384 e. The summed E-state index contributed by atoms with van der Waals surface area (Å²) in [6.45, 7) is 7.51. The molecule has 114 valence electrons. The number of thioether (sulfide) groups is 1. The van der Waals surface area contributed by atoms with Gasteiger partial charge in [-0.05, 0) is 17.4 Å². The second kappa shape index (κ2) is 7.55. The number of hydrogen-bond acceptors (Lipinski definition) is 3. The van der Waals surface area contributed by atoms with Gasteiger partial charge in [0.25, 0.3) is 0 Å². The van der Waals surface area contributed by atoms with E-state index in [0.29, 0.717) is 5.92 Å². The molecule has 0 radical (unpaired) electrons. The molecule has 21 heavy (non-hydrogen) atoms. The van der Waals surface area contributed by atoms with Crippen molar-refractivity contribution in [2.24, 2.45) is 5.92 Å². The summed E-state index contributed by atoms with van der Waals surface area (Å²) < 4.78 is 2.17. The molecule has 4 heteroatoms. The fourth-order valence-electron chi connectivity index (χ4n) is 2.37. The van der Waals surface area contributed by atoms with Gasteiger partial charge < -0.3 is 10.3 Å². The second-order valence-corrected chi connectivity index (χ2v) is 6.98. The Morgan fingerprint density at radius 1 is 1.24 bits per heavy atom. The Balaban J connectivity index is 2.35. The van der Waals surface area contributed by atoms with E-state index in [-0.39, 0.29) is 0 Å². The summed E-state index contributed by atoms with van der Waals surface area (Å²) >= 11 is 1.93.